The molecule has 2 nitrogen and oxygen atoms in total. The smallest absolute Gasteiger partial charge is 0.396 e. The molecule has 20 heavy (non-hydrogen) atoms. The zero-order chi connectivity index (χ0) is 15.0. The predicted octanol–water partition coefficient (Wildman–Crippen LogP) is 3.70. The van der Waals surface area contributed by atoms with Crippen LogP contribution in [0, 0.1) is 5.92 Å². The van der Waals surface area contributed by atoms with E-state index < -0.39 is 23.5 Å². The first kappa shape index (κ1) is 14.4. The van der Waals surface area contributed by atoms with Gasteiger partial charge in [-0.2, -0.15) is 13.2 Å². The molecule has 2 rings (SSSR count). The second kappa shape index (κ2) is 4.81. The SMILES string of the molecule is CC1(c2ccccc2)C=CC(C(=O)O)=CC1C(F)(F)F. The quantitative estimate of drug-likeness (QED) is 0.898. The van der Waals surface area contributed by atoms with Crippen molar-refractivity contribution in [2.45, 2.75) is 18.5 Å². The number of carboxylic acid groups (broad SMARTS) is 1. The fourth-order valence-corrected chi connectivity index (χ4v) is 2.42. The number of rotatable bonds is 2. The molecule has 0 bridgehead atoms. The molecule has 0 aliphatic heterocycles. The lowest BCUT2D eigenvalue weighted by Gasteiger charge is -2.37. The molecule has 0 saturated heterocycles. The Balaban J connectivity index is 2.54. The van der Waals surface area contributed by atoms with Gasteiger partial charge in [-0.1, -0.05) is 55.5 Å². The summed E-state index contributed by atoms with van der Waals surface area (Å²) >= 11 is 0. The molecular weight excluding hydrogens is 269 g/mol. The van der Waals surface area contributed by atoms with Gasteiger partial charge in [0.1, 0.15) is 0 Å². The van der Waals surface area contributed by atoms with E-state index in [1.54, 1.807) is 30.3 Å². The van der Waals surface area contributed by atoms with E-state index in [0.717, 1.165) is 6.08 Å². The number of carboxylic acids is 1. The molecular formula is C15H13F3O2. The third-order valence-corrected chi connectivity index (χ3v) is 3.60. The maximum absolute atomic E-state index is 13.3. The normalized spacial score (nSPS) is 26.2. The van der Waals surface area contributed by atoms with Crippen molar-refractivity contribution in [2.75, 3.05) is 0 Å². The zero-order valence-electron chi connectivity index (χ0n) is 10.7. The van der Waals surface area contributed by atoms with Crippen molar-refractivity contribution in [2.24, 2.45) is 5.92 Å². The van der Waals surface area contributed by atoms with Crippen LogP contribution in [-0.4, -0.2) is 17.3 Å². The monoisotopic (exact) mass is 282 g/mol. The summed E-state index contributed by atoms with van der Waals surface area (Å²) in [5.74, 6) is -3.22. The third-order valence-electron chi connectivity index (χ3n) is 3.60. The van der Waals surface area contributed by atoms with Crippen LogP contribution in [0.5, 0.6) is 0 Å². The summed E-state index contributed by atoms with van der Waals surface area (Å²) in [4.78, 5) is 10.9. The maximum atomic E-state index is 13.3. The summed E-state index contributed by atoms with van der Waals surface area (Å²) in [6.07, 6.45) is -1.17. The zero-order valence-corrected chi connectivity index (χ0v) is 10.7. The molecule has 5 heteroatoms. The van der Waals surface area contributed by atoms with E-state index in [1.807, 2.05) is 0 Å². The van der Waals surface area contributed by atoms with Crippen LogP contribution in [-0.2, 0) is 10.2 Å². The Hall–Kier alpha value is -2.04. The summed E-state index contributed by atoms with van der Waals surface area (Å²) in [5, 5.41) is 8.88. The van der Waals surface area contributed by atoms with Gasteiger partial charge < -0.3 is 5.11 Å². The van der Waals surface area contributed by atoms with Crippen molar-refractivity contribution < 1.29 is 23.1 Å². The van der Waals surface area contributed by atoms with Crippen LogP contribution in [0.4, 0.5) is 13.2 Å². The number of halogens is 3. The third kappa shape index (κ3) is 2.48. The molecule has 106 valence electrons. The van der Waals surface area contributed by atoms with Crippen LogP contribution in [0.25, 0.3) is 0 Å². The second-order valence-corrected chi connectivity index (χ2v) is 4.93. The van der Waals surface area contributed by atoms with Crippen LogP contribution >= 0.6 is 0 Å². The van der Waals surface area contributed by atoms with Crippen molar-refractivity contribution >= 4 is 5.97 Å². The van der Waals surface area contributed by atoms with Gasteiger partial charge >= 0.3 is 12.1 Å². The molecule has 1 aliphatic carbocycles. The molecule has 1 aromatic rings. The van der Waals surface area contributed by atoms with E-state index in [9.17, 15) is 18.0 Å². The maximum Gasteiger partial charge on any atom is 0.396 e. The van der Waals surface area contributed by atoms with Crippen molar-refractivity contribution in [1.29, 1.82) is 0 Å². The van der Waals surface area contributed by atoms with Crippen LogP contribution in [0.3, 0.4) is 0 Å². The first-order valence-electron chi connectivity index (χ1n) is 6.02. The Morgan fingerprint density at radius 2 is 1.85 bits per heavy atom. The Labute approximate surface area is 114 Å². The van der Waals surface area contributed by atoms with Gasteiger partial charge in [-0.3, -0.25) is 0 Å². The van der Waals surface area contributed by atoms with Gasteiger partial charge in [-0.05, 0) is 5.56 Å². The van der Waals surface area contributed by atoms with E-state index in [1.165, 1.54) is 19.1 Å². The topological polar surface area (TPSA) is 37.3 Å². The van der Waals surface area contributed by atoms with Crippen molar-refractivity contribution in [3.63, 3.8) is 0 Å². The van der Waals surface area contributed by atoms with Gasteiger partial charge in [0.2, 0.25) is 0 Å². The van der Waals surface area contributed by atoms with Crippen LogP contribution in [0.1, 0.15) is 12.5 Å². The Bertz CT molecular complexity index is 573. The number of hydrogen-bond acceptors (Lipinski definition) is 1. The minimum absolute atomic E-state index is 0.333. The highest BCUT2D eigenvalue weighted by molar-refractivity contribution is 5.90. The molecule has 1 N–H and O–H groups in total. The average molecular weight is 282 g/mol. The highest BCUT2D eigenvalue weighted by Crippen LogP contribution is 2.46. The first-order valence-corrected chi connectivity index (χ1v) is 6.02. The molecule has 0 radical (unpaired) electrons. The van der Waals surface area contributed by atoms with E-state index in [2.05, 4.69) is 0 Å². The largest absolute Gasteiger partial charge is 0.478 e. The number of hydrogen-bond donors (Lipinski definition) is 1. The molecule has 0 amide bonds. The minimum Gasteiger partial charge on any atom is -0.478 e. The lowest BCUT2D eigenvalue weighted by molar-refractivity contribution is -0.173. The van der Waals surface area contributed by atoms with Gasteiger partial charge in [0.05, 0.1) is 11.5 Å². The Morgan fingerprint density at radius 1 is 1.25 bits per heavy atom. The molecule has 0 aromatic heterocycles. The summed E-state index contributed by atoms with van der Waals surface area (Å²) < 4.78 is 39.9. The molecule has 0 heterocycles. The number of alkyl halides is 3. The lowest BCUT2D eigenvalue weighted by atomic mass is 9.68. The summed E-state index contributed by atoms with van der Waals surface area (Å²) in [7, 11) is 0. The van der Waals surface area contributed by atoms with Crippen molar-refractivity contribution in [3.8, 4) is 0 Å². The Kier molecular flexibility index (Phi) is 3.46. The van der Waals surface area contributed by atoms with E-state index in [0.29, 0.717) is 5.56 Å². The van der Waals surface area contributed by atoms with Crippen molar-refractivity contribution in [3.05, 3.63) is 59.7 Å². The summed E-state index contributed by atoms with van der Waals surface area (Å²) in [6, 6.07) is 8.28. The van der Waals surface area contributed by atoms with Crippen molar-refractivity contribution in [1.82, 2.24) is 0 Å². The minimum atomic E-state index is -4.52. The van der Waals surface area contributed by atoms with Gasteiger partial charge in [0, 0.05) is 5.41 Å². The summed E-state index contributed by atoms with van der Waals surface area (Å²) in [6.45, 7) is 1.46. The fourth-order valence-electron chi connectivity index (χ4n) is 2.42. The highest BCUT2D eigenvalue weighted by Gasteiger charge is 2.51. The fraction of sp³-hybridized carbons (Fsp3) is 0.267. The predicted molar refractivity (Wildman–Crippen MR) is 68.2 cm³/mol. The molecule has 0 fully saturated rings. The van der Waals surface area contributed by atoms with Gasteiger partial charge in [-0.15, -0.1) is 0 Å². The molecule has 1 aromatic carbocycles. The van der Waals surface area contributed by atoms with Crippen LogP contribution < -0.4 is 0 Å². The van der Waals surface area contributed by atoms with E-state index in [-0.39, 0.29) is 5.57 Å². The molecule has 0 saturated carbocycles. The van der Waals surface area contributed by atoms with E-state index in [4.69, 9.17) is 5.11 Å². The number of aliphatic carboxylic acids is 1. The molecule has 2 atom stereocenters. The lowest BCUT2D eigenvalue weighted by Crippen LogP contribution is -2.41. The second-order valence-electron chi connectivity index (χ2n) is 4.93. The van der Waals surface area contributed by atoms with Gasteiger partial charge in [0.15, 0.2) is 0 Å². The molecule has 1 aliphatic rings. The highest BCUT2D eigenvalue weighted by atomic mass is 19.4. The van der Waals surface area contributed by atoms with Crippen LogP contribution in [0.15, 0.2) is 54.1 Å². The molecule has 2 unspecified atom stereocenters. The number of carbonyl (C=O) groups is 1. The number of allylic oxidation sites excluding steroid dienone is 2. The van der Waals surface area contributed by atoms with E-state index >= 15 is 0 Å². The van der Waals surface area contributed by atoms with Crippen LogP contribution in [0.2, 0.25) is 0 Å². The van der Waals surface area contributed by atoms with Gasteiger partial charge in [0.25, 0.3) is 0 Å². The average Bonchev–Trinajstić information content (AvgIpc) is 2.38. The first-order chi connectivity index (χ1) is 9.25. The number of benzene rings is 1. The summed E-state index contributed by atoms with van der Waals surface area (Å²) in [5.41, 5.74) is -1.14. The Morgan fingerprint density at radius 3 is 2.35 bits per heavy atom. The molecule has 0 spiro atoms. The van der Waals surface area contributed by atoms with Gasteiger partial charge in [-0.25, -0.2) is 4.79 Å². The standard InChI is InChI=1S/C15H13F3O2/c1-14(11-5-3-2-4-6-11)8-7-10(13(19)20)9-12(14)15(16,17)18/h2-9,12H,1H3,(H,19,20).